The van der Waals surface area contributed by atoms with Crippen LogP contribution in [0.15, 0.2) is 0 Å². The van der Waals surface area contributed by atoms with Crippen LogP contribution in [-0.2, 0) is 14.3 Å². The molecule has 1 aliphatic heterocycles. The van der Waals surface area contributed by atoms with E-state index in [1.54, 1.807) is 0 Å². The van der Waals surface area contributed by atoms with E-state index in [-0.39, 0.29) is 18.3 Å². The van der Waals surface area contributed by atoms with Gasteiger partial charge in [-0.3, -0.25) is 14.5 Å². The number of likely N-dealkylation sites (tertiary alicyclic amines) is 1. The molecule has 0 aromatic rings. The van der Waals surface area contributed by atoms with Gasteiger partial charge in [-0.2, -0.15) is 0 Å². The fourth-order valence-corrected chi connectivity index (χ4v) is 1.38. The first-order valence-corrected chi connectivity index (χ1v) is 4.83. The number of ether oxygens (including phenoxy) is 1. The molecule has 0 spiro atoms. The maximum atomic E-state index is 11.3. The molecule has 0 bridgehead atoms. The maximum Gasteiger partial charge on any atom is 0.320 e. The minimum atomic E-state index is -0.444. The van der Waals surface area contributed by atoms with Gasteiger partial charge in [-0.15, -0.1) is 0 Å². The van der Waals surface area contributed by atoms with Crippen molar-refractivity contribution in [3.05, 3.63) is 0 Å². The molecule has 0 N–H and O–H groups in total. The van der Waals surface area contributed by atoms with Crippen LogP contribution in [0.3, 0.4) is 0 Å². The molecule has 0 aromatic carbocycles. The van der Waals surface area contributed by atoms with Crippen LogP contribution in [-0.4, -0.2) is 41.9 Å². The lowest BCUT2D eigenvalue weighted by molar-refractivity contribution is -0.155. The van der Waals surface area contributed by atoms with Crippen molar-refractivity contribution in [2.75, 3.05) is 19.6 Å². The second kappa shape index (κ2) is 4.09. The van der Waals surface area contributed by atoms with E-state index in [1.165, 1.54) is 0 Å². The molecule has 1 rings (SSSR count). The molecule has 1 heterocycles. The second-order valence-corrected chi connectivity index (χ2v) is 4.59. The highest BCUT2D eigenvalue weighted by Crippen LogP contribution is 2.09. The molecule has 0 aromatic heterocycles. The molecule has 14 heavy (non-hydrogen) atoms. The summed E-state index contributed by atoms with van der Waals surface area (Å²) in [5.74, 6) is -0.0549. The van der Waals surface area contributed by atoms with E-state index in [1.807, 2.05) is 25.7 Å². The fraction of sp³-hybridized carbons (Fsp3) is 0.800. The van der Waals surface area contributed by atoms with Crippen molar-refractivity contribution in [1.82, 2.24) is 4.90 Å². The van der Waals surface area contributed by atoms with Gasteiger partial charge in [0, 0.05) is 13.0 Å². The topological polar surface area (TPSA) is 46.6 Å². The molecule has 80 valence electrons. The van der Waals surface area contributed by atoms with Crippen molar-refractivity contribution < 1.29 is 14.3 Å². The number of carbonyl (C=O) groups excluding carboxylic acids is 2. The summed E-state index contributed by atoms with van der Waals surface area (Å²) < 4.78 is 5.14. The summed E-state index contributed by atoms with van der Waals surface area (Å²) in [6.07, 6.45) is 0.558. The lowest BCUT2D eigenvalue weighted by atomic mass is 10.2. The average Bonchev–Trinajstić information content (AvgIpc) is 2.30. The Morgan fingerprint density at radius 1 is 1.50 bits per heavy atom. The fourth-order valence-electron chi connectivity index (χ4n) is 1.38. The molecule has 0 atom stereocenters. The number of hydrogen-bond donors (Lipinski definition) is 0. The van der Waals surface area contributed by atoms with Crippen molar-refractivity contribution in [2.45, 2.75) is 32.8 Å². The van der Waals surface area contributed by atoms with Gasteiger partial charge in [0.25, 0.3) is 0 Å². The van der Waals surface area contributed by atoms with Gasteiger partial charge in [0.2, 0.25) is 0 Å². The predicted molar refractivity (Wildman–Crippen MR) is 51.9 cm³/mol. The molecule has 0 amide bonds. The standard InChI is InChI=1S/C10H17NO3/c1-10(2,3)14-9(13)7-11-5-4-8(12)6-11/h4-7H2,1-3H3. The largest absolute Gasteiger partial charge is 0.459 e. The van der Waals surface area contributed by atoms with Crippen LogP contribution in [0, 0.1) is 0 Å². The van der Waals surface area contributed by atoms with Crippen LogP contribution in [0.2, 0.25) is 0 Å². The third-order valence-electron chi connectivity index (χ3n) is 1.88. The monoisotopic (exact) mass is 199 g/mol. The van der Waals surface area contributed by atoms with E-state index >= 15 is 0 Å². The van der Waals surface area contributed by atoms with Crippen LogP contribution in [0.25, 0.3) is 0 Å². The molecule has 0 radical (unpaired) electrons. The Hall–Kier alpha value is -0.900. The number of rotatable bonds is 2. The lowest BCUT2D eigenvalue weighted by Gasteiger charge is -2.21. The van der Waals surface area contributed by atoms with E-state index < -0.39 is 5.60 Å². The van der Waals surface area contributed by atoms with Gasteiger partial charge >= 0.3 is 5.97 Å². The van der Waals surface area contributed by atoms with Crippen LogP contribution in [0.5, 0.6) is 0 Å². The summed E-state index contributed by atoms with van der Waals surface area (Å²) in [5, 5.41) is 0. The van der Waals surface area contributed by atoms with E-state index in [9.17, 15) is 9.59 Å². The van der Waals surface area contributed by atoms with Crippen molar-refractivity contribution in [3.8, 4) is 0 Å². The second-order valence-electron chi connectivity index (χ2n) is 4.59. The Morgan fingerprint density at radius 2 is 2.14 bits per heavy atom. The molecule has 0 aliphatic carbocycles. The van der Waals surface area contributed by atoms with Crippen molar-refractivity contribution in [1.29, 1.82) is 0 Å². The minimum Gasteiger partial charge on any atom is -0.459 e. The van der Waals surface area contributed by atoms with Gasteiger partial charge in [0.15, 0.2) is 0 Å². The molecule has 0 saturated carbocycles. The summed E-state index contributed by atoms with van der Waals surface area (Å²) >= 11 is 0. The summed E-state index contributed by atoms with van der Waals surface area (Å²) in [7, 11) is 0. The first kappa shape index (κ1) is 11.2. The average molecular weight is 199 g/mol. The van der Waals surface area contributed by atoms with Gasteiger partial charge in [-0.25, -0.2) is 0 Å². The SMILES string of the molecule is CC(C)(C)OC(=O)CN1CCC(=O)C1. The number of hydrogen-bond acceptors (Lipinski definition) is 4. The first-order valence-electron chi connectivity index (χ1n) is 4.83. The number of nitrogens with zero attached hydrogens (tertiary/aromatic N) is 1. The number of ketones is 1. The normalized spacial score (nSPS) is 18.6. The highest BCUT2D eigenvalue weighted by atomic mass is 16.6. The smallest absolute Gasteiger partial charge is 0.320 e. The third-order valence-corrected chi connectivity index (χ3v) is 1.88. The molecular weight excluding hydrogens is 182 g/mol. The Labute approximate surface area is 84.2 Å². The van der Waals surface area contributed by atoms with E-state index in [2.05, 4.69) is 0 Å². The van der Waals surface area contributed by atoms with Crippen molar-refractivity contribution in [2.24, 2.45) is 0 Å². The molecule has 4 heteroatoms. The van der Waals surface area contributed by atoms with Gasteiger partial charge in [0.1, 0.15) is 11.4 Å². The number of esters is 1. The highest BCUT2D eigenvalue weighted by Gasteiger charge is 2.24. The summed E-state index contributed by atoms with van der Waals surface area (Å²) in [4.78, 5) is 24.1. The maximum absolute atomic E-state index is 11.3. The summed E-state index contributed by atoms with van der Waals surface area (Å²) in [5.41, 5.74) is -0.444. The van der Waals surface area contributed by atoms with E-state index in [0.717, 1.165) is 0 Å². The molecular formula is C10H17NO3. The van der Waals surface area contributed by atoms with Crippen LogP contribution in [0.4, 0.5) is 0 Å². The Kier molecular flexibility index (Phi) is 3.26. The van der Waals surface area contributed by atoms with Gasteiger partial charge < -0.3 is 4.74 Å². The quantitative estimate of drug-likeness (QED) is 0.611. The molecule has 1 fully saturated rings. The Balaban J connectivity index is 2.31. The molecule has 0 unspecified atom stereocenters. The molecule has 1 aliphatic rings. The summed E-state index contributed by atoms with van der Waals surface area (Å²) in [6.45, 7) is 6.79. The zero-order valence-corrected chi connectivity index (χ0v) is 9.00. The zero-order valence-electron chi connectivity index (χ0n) is 9.00. The number of Topliss-reactive ketones (excluding diaryl/α,β-unsaturated/α-hetero) is 1. The van der Waals surface area contributed by atoms with Crippen LogP contribution < -0.4 is 0 Å². The van der Waals surface area contributed by atoms with Crippen LogP contribution in [0.1, 0.15) is 27.2 Å². The van der Waals surface area contributed by atoms with Crippen molar-refractivity contribution in [3.63, 3.8) is 0 Å². The van der Waals surface area contributed by atoms with Gasteiger partial charge in [0.05, 0.1) is 13.1 Å². The Morgan fingerprint density at radius 3 is 2.57 bits per heavy atom. The van der Waals surface area contributed by atoms with Gasteiger partial charge in [-0.1, -0.05) is 0 Å². The molecule has 4 nitrogen and oxygen atoms in total. The van der Waals surface area contributed by atoms with E-state index in [0.29, 0.717) is 19.5 Å². The van der Waals surface area contributed by atoms with E-state index in [4.69, 9.17) is 4.74 Å². The third kappa shape index (κ3) is 3.87. The minimum absolute atomic E-state index is 0.202. The predicted octanol–water partition coefficient (Wildman–Crippen LogP) is 0.603. The zero-order chi connectivity index (χ0) is 10.8. The first-order chi connectivity index (χ1) is 6.37. The number of carbonyl (C=O) groups is 2. The lowest BCUT2D eigenvalue weighted by Crippen LogP contribution is -2.33. The molecule has 1 saturated heterocycles. The Bertz CT molecular complexity index is 242. The highest BCUT2D eigenvalue weighted by molar-refractivity contribution is 5.83. The van der Waals surface area contributed by atoms with Crippen molar-refractivity contribution >= 4 is 11.8 Å². The van der Waals surface area contributed by atoms with Crippen LogP contribution >= 0.6 is 0 Å². The summed E-state index contributed by atoms with van der Waals surface area (Å²) in [6, 6.07) is 0. The van der Waals surface area contributed by atoms with Gasteiger partial charge in [-0.05, 0) is 20.8 Å².